The first-order chi connectivity index (χ1) is 20.0. The van der Waals surface area contributed by atoms with Gasteiger partial charge in [0.25, 0.3) is 11.8 Å². The summed E-state index contributed by atoms with van der Waals surface area (Å²) in [6, 6.07) is 35.6. The highest BCUT2D eigenvalue weighted by atomic mass is 16.2. The van der Waals surface area contributed by atoms with E-state index in [2.05, 4.69) is 65.8 Å². The molecule has 0 unspecified atom stereocenters. The van der Waals surface area contributed by atoms with Gasteiger partial charge in [-0.25, -0.2) is 0 Å². The third kappa shape index (κ3) is 4.57. The normalized spacial score (nSPS) is 15.7. The molecule has 0 saturated heterocycles. The highest BCUT2D eigenvalue weighted by molar-refractivity contribution is 6.43. The van der Waals surface area contributed by atoms with Gasteiger partial charge in [0.15, 0.2) is 0 Å². The van der Waals surface area contributed by atoms with Gasteiger partial charge in [-0.15, -0.1) is 0 Å². The fraction of sp³-hybridized carbons (Fsp3) is 0.211. The molecule has 0 saturated carbocycles. The lowest BCUT2D eigenvalue weighted by molar-refractivity contribution is -0.112. The van der Waals surface area contributed by atoms with Crippen molar-refractivity contribution in [3.63, 3.8) is 0 Å². The highest BCUT2D eigenvalue weighted by Gasteiger charge is 2.49. The van der Waals surface area contributed by atoms with Crippen molar-refractivity contribution in [1.82, 2.24) is 0 Å². The van der Waals surface area contributed by atoms with E-state index >= 15 is 0 Å². The number of benzene rings is 4. The number of hydrogen-bond acceptors (Lipinski definition) is 2. The number of anilines is 2. The van der Waals surface area contributed by atoms with Crippen molar-refractivity contribution in [2.75, 3.05) is 9.80 Å². The molecule has 4 aromatic carbocycles. The molecule has 4 heteroatoms. The van der Waals surface area contributed by atoms with Crippen LogP contribution in [-0.2, 0) is 20.4 Å². The second-order valence-electron chi connectivity index (χ2n) is 13.1. The third-order valence-electron chi connectivity index (χ3n) is 8.09. The van der Waals surface area contributed by atoms with Crippen LogP contribution in [0.15, 0.2) is 121 Å². The summed E-state index contributed by atoms with van der Waals surface area (Å²) in [7, 11) is 0. The lowest BCUT2D eigenvalue weighted by Crippen LogP contribution is -2.27. The van der Waals surface area contributed by atoms with Crippen molar-refractivity contribution in [1.29, 1.82) is 0 Å². The quantitative estimate of drug-likeness (QED) is 0.255. The van der Waals surface area contributed by atoms with E-state index in [0.717, 1.165) is 22.5 Å². The largest absolute Gasteiger partial charge is 0.274 e. The fourth-order valence-corrected chi connectivity index (χ4v) is 5.75. The van der Waals surface area contributed by atoms with E-state index in [1.165, 1.54) is 11.1 Å². The number of carbonyl (C=O) groups excluding carboxylic acids is 2. The van der Waals surface area contributed by atoms with E-state index in [-0.39, 0.29) is 22.6 Å². The van der Waals surface area contributed by atoms with Crippen LogP contribution in [0, 0.1) is 0 Å². The Morgan fingerprint density at radius 3 is 1.02 bits per heavy atom. The maximum absolute atomic E-state index is 14.5. The fourth-order valence-electron chi connectivity index (χ4n) is 5.75. The molecule has 4 aromatic rings. The number of amides is 2. The summed E-state index contributed by atoms with van der Waals surface area (Å²) in [6.45, 7) is 13.0. The molecule has 0 spiro atoms. The molecule has 0 bridgehead atoms. The second-order valence-corrected chi connectivity index (χ2v) is 13.1. The summed E-state index contributed by atoms with van der Waals surface area (Å²) in [6.07, 6.45) is 0. The van der Waals surface area contributed by atoms with Crippen LogP contribution in [-0.4, -0.2) is 11.8 Å². The molecular formula is C38H36N2O2. The van der Waals surface area contributed by atoms with Gasteiger partial charge in [-0.2, -0.15) is 0 Å². The zero-order valence-electron chi connectivity index (χ0n) is 25.1. The summed E-state index contributed by atoms with van der Waals surface area (Å²) >= 11 is 0. The predicted octanol–water partition coefficient (Wildman–Crippen LogP) is 8.50. The smallest absolute Gasteiger partial charge is 0.265 e. The van der Waals surface area contributed by atoms with E-state index in [9.17, 15) is 9.59 Å². The SMILES string of the molecule is CC(C)(C)c1ccc(N2C(=O)C(c3ccccc3)=C3C2=C(c2ccccc2)C(=O)N3c2ccc(C(C)(C)C)cc2)cc1. The number of hydrogen-bond donors (Lipinski definition) is 0. The van der Waals surface area contributed by atoms with Crippen LogP contribution in [0.1, 0.15) is 63.8 Å². The Balaban J connectivity index is 1.62. The molecule has 2 aliphatic heterocycles. The second kappa shape index (κ2) is 9.99. The highest BCUT2D eigenvalue weighted by Crippen LogP contribution is 2.50. The molecule has 2 heterocycles. The maximum atomic E-state index is 14.5. The van der Waals surface area contributed by atoms with Crippen LogP contribution < -0.4 is 9.80 Å². The lowest BCUT2D eigenvalue weighted by Gasteiger charge is -2.23. The molecular weight excluding hydrogens is 516 g/mol. The lowest BCUT2D eigenvalue weighted by atomic mass is 9.87. The van der Waals surface area contributed by atoms with Crippen LogP contribution >= 0.6 is 0 Å². The molecule has 0 atom stereocenters. The average molecular weight is 553 g/mol. The Labute approximate surface area is 248 Å². The van der Waals surface area contributed by atoms with Gasteiger partial charge in [-0.05, 0) is 57.3 Å². The zero-order chi connectivity index (χ0) is 29.8. The van der Waals surface area contributed by atoms with E-state index in [1.807, 2.05) is 84.9 Å². The van der Waals surface area contributed by atoms with E-state index in [4.69, 9.17) is 0 Å². The van der Waals surface area contributed by atoms with Gasteiger partial charge in [0.05, 0.1) is 22.5 Å². The summed E-state index contributed by atoms with van der Waals surface area (Å²) in [5.41, 5.74) is 7.61. The van der Waals surface area contributed by atoms with Gasteiger partial charge in [0, 0.05) is 11.4 Å². The number of rotatable bonds is 4. The topological polar surface area (TPSA) is 40.6 Å². The van der Waals surface area contributed by atoms with Gasteiger partial charge in [-0.1, -0.05) is 126 Å². The average Bonchev–Trinajstić information content (AvgIpc) is 3.41. The Morgan fingerprint density at radius 1 is 0.429 bits per heavy atom. The summed E-state index contributed by atoms with van der Waals surface area (Å²) in [4.78, 5) is 32.5. The summed E-state index contributed by atoms with van der Waals surface area (Å²) in [5, 5.41) is 0. The predicted molar refractivity (Wildman–Crippen MR) is 172 cm³/mol. The number of nitrogens with zero attached hydrogens (tertiary/aromatic N) is 2. The van der Waals surface area contributed by atoms with Gasteiger partial charge < -0.3 is 0 Å². The Bertz CT molecular complexity index is 1600. The molecule has 0 N–H and O–H groups in total. The van der Waals surface area contributed by atoms with Gasteiger partial charge in [0.2, 0.25) is 0 Å². The molecule has 2 aliphatic rings. The van der Waals surface area contributed by atoms with E-state index in [0.29, 0.717) is 22.5 Å². The minimum atomic E-state index is -0.146. The molecule has 210 valence electrons. The van der Waals surface area contributed by atoms with Crippen molar-refractivity contribution in [2.24, 2.45) is 0 Å². The molecule has 0 fully saturated rings. The zero-order valence-corrected chi connectivity index (χ0v) is 25.1. The first-order valence-electron chi connectivity index (χ1n) is 14.5. The van der Waals surface area contributed by atoms with Crippen molar-refractivity contribution >= 4 is 34.3 Å². The first-order valence-corrected chi connectivity index (χ1v) is 14.5. The molecule has 0 aromatic heterocycles. The molecule has 0 aliphatic carbocycles. The molecule has 6 rings (SSSR count). The van der Waals surface area contributed by atoms with Crippen molar-refractivity contribution in [2.45, 2.75) is 52.4 Å². The van der Waals surface area contributed by atoms with Crippen LogP contribution in [0.2, 0.25) is 0 Å². The Morgan fingerprint density at radius 2 is 0.738 bits per heavy atom. The monoisotopic (exact) mass is 552 g/mol. The molecule has 4 nitrogen and oxygen atoms in total. The molecule has 0 radical (unpaired) electrons. The van der Waals surface area contributed by atoms with Crippen molar-refractivity contribution < 1.29 is 9.59 Å². The van der Waals surface area contributed by atoms with Crippen molar-refractivity contribution in [3.8, 4) is 0 Å². The van der Waals surface area contributed by atoms with E-state index < -0.39 is 0 Å². The first kappa shape index (κ1) is 27.5. The van der Waals surface area contributed by atoms with Gasteiger partial charge >= 0.3 is 0 Å². The Kier molecular flexibility index (Phi) is 6.53. The van der Waals surface area contributed by atoms with Gasteiger partial charge in [0.1, 0.15) is 0 Å². The van der Waals surface area contributed by atoms with Crippen molar-refractivity contribution in [3.05, 3.63) is 143 Å². The minimum Gasteiger partial charge on any atom is -0.274 e. The van der Waals surface area contributed by atoms with Crippen LogP contribution in [0.3, 0.4) is 0 Å². The maximum Gasteiger partial charge on any atom is 0.265 e. The van der Waals surface area contributed by atoms with Gasteiger partial charge in [-0.3, -0.25) is 19.4 Å². The van der Waals surface area contributed by atoms with Crippen LogP contribution in [0.4, 0.5) is 11.4 Å². The third-order valence-corrected chi connectivity index (χ3v) is 8.09. The van der Waals surface area contributed by atoms with Crippen LogP contribution in [0.5, 0.6) is 0 Å². The number of fused-ring (bicyclic) bond motifs is 1. The Hall–Kier alpha value is -4.70. The van der Waals surface area contributed by atoms with E-state index in [1.54, 1.807) is 9.80 Å². The standard InChI is InChI=1S/C38H36N2O2/c1-37(2,3)27-17-21-29(22-18-27)39-33-31(25-13-9-7-10-14-25)36(42)40(30-23-19-28(20-24-30)38(4,5)6)34(33)32(35(39)41)26-15-11-8-12-16-26/h7-24H,1-6H3. The molecule has 42 heavy (non-hydrogen) atoms. The van der Waals surface area contributed by atoms with Crippen LogP contribution in [0.25, 0.3) is 11.1 Å². The molecule has 2 amide bonds. The summed E-state index contributed by atoms with van der Waals surface area (Å²) in [5.74, 6) is -0.293. The number of carbonyl (C=O) groups is 2. The summed E-state index contributed by atoms with van der Waals surface area (Å²) < 4.78 is 0. The minimum absolute atomic E-state index is 0.0278.